The number of carbonyl (C=O) groups is 3. The fourth-order valence-electron chi connectivity index (χ4n) is 3.32. The number of rotatable bonds is 8. The second kappa shape index (κ2) is 9.13. The maximum absolute atomic E-state index is 13.0. The van der Waals surface area contributed by atoms with Gasteiger partial charge in [-0.15, -0.1) is 0 Å². The van der Waals surface area contributed by atoms with Crippen molar-refractivity contribution in [1.29, 1.82) is 0 Å². The Morgan fingerprint density at radius 2 is 1.71 bits per heavy atom. The van der Waals surface area contributed by atoms with Crippen LogP contribution in [0.1, 0.15) is 27.3 Å². The third kappa shape index (κ3) is 4.56. The minimum Gasteiger partial charge on any atom is -0.459 e. The zero-order chi connectivity index (χ0) is 21.6. The maximum atomic E-state index is 13.0. The molecule has 31 heavy (non-hydrogen) atoms. The Balaban J connectivity index is 1.40. The Morgan fingerprint density at radius 3 is 2.48 bits per heavy atom. The number of aromatic amines is 1. The summed E-state index contributed by atoms with van der Waals surface area (Å²) in [7, 11) is 0. The van der Waals surface area contributed by atoms with Gasteiger partial charge in [0.05, 0.1) is 23.9 Å². The van der Waals surface area contributed by atoms with Gasteiger partial charge in [0.15, 0.2) is 12.4 Å². The molecule has 4 rings (SSSR count). The third-order valence-electron chi connectivity index (χ3n) is 4.77. The summed E-state index contributed by atoms with van der Waals surface area (Å²) in [6, 6.07) is 20.1. The van der Waals surface area contributed by atoms with Crippen molar-refractivity contribution in [3.8, 4) is 11.3 Å². The van der Waals surface area contributed by atoms with Gasteiger partial charge in [-0.3, -0.25) is 14.4 Å². The van der Waals surface area contributed by atoms with E-state index in [4.69, 9.17) is 9.15 Å². The lowest BCUT2D eigenvalue weighted by Gasteiger charge is -2.07. The van der Waals surface area contributed by atoms with Crippen LogP contribution in [0.4, 0.5) is 0 Å². The largest absolute Gasteiger partial charge is 0.459 e. The molecule has 0 saturated heterocycles. The quantitative estimate of drug-likeness (QED) is 0.334. The summed E-state index contributed by atoms with van der Waals surface area (Å²) in [6.45, 7) is -0.304. The standard InChI is InChI=1S/C24H20N2O5/c27-19(15-31-21(28)12-13-25-24(29)20-11-6-14-30-20)22-17-9-4-5-10-18(17)26-23(22)16-7-2-1-3-8-16/h1-11,14,26H,12-13,15H2,(H,25,29). The van der Waals surface area contributed by atoms with Crippen LogP contribution in [-0.4, -0.2) is 35.8 Å². The fourth-order valence-corrected chi connectivity index (χ4v) is 3.32. The van der Waals surface area contributed by atoms with E-state index >= 15 is 0 Å². The molecule has 0 fully saturated rings. The summed E-state index contributed by atoms with van der Waals surface area (Å²) in [5, 5.41) is 3.33. The van der Waals surface area contributed by atoms with Crippen LogP contribution in [-0.2, 0) is 9.53 Å². The van der Waals surface area contributed by atoms with Gasteiger partial charge in [0, 0.05) is 17.4 Å². The monoisotopic (exact) mass is 416 g/mol. The van der Waals surface area contributed by atoms with Crippen molar-refractivity contribution in [3.05, 3.63) is 84.3 Å². The number of esters is 1. The number of fused-ring (bicyclic) bond motifs is 1. The van der Waals surface area contributed by atoms with E-state index in [1.54, 1.807) is 6.07 Å². The number of H-pyrrole nitrogens is 1. The summed E-state index contributed by atoms with van der Waals surface area (Å²) in [4.78, 5) is 40.1. The van der Waals surface area contributed by atoms with Crippen molar-refractivity contribution in [2.75, 3.05) is 13.2 Å². The lowest BCUT2D eigenvalue weighted by molar-refractivity contribution is -0.142. The molecule has 2 N–H and O–H groups in total. The Kier molecular flexibility index (Phi) is 5.93. The first-order chi connectivity index (χ1) is 15.1. The van der Waals surface area contributed by atoms with E-state index < -0.39 is 11.9 Å². The van der Waals surface area contributed by atoms with Crippen LogP contribution in [0, 0.1) is 0 Å². The molecule has 7 nitrogen and oxygen atoms in total. The van der Waals surface area contributed by atoms with Gasteiger partial charge in [0.25, 0.3) is 5.91 Å². The van der Waals surface area contributed by atoms with E-state index in [2.05, 4.69) is 10.3 Å². The minimum absolute atomic E-state index is 0.0564. The molecule has 2 aromatic heterocycles. The van der Waals surface area contributed by atoms with Crippen molar-refractivity contribution >= 4 is 28.6 Å². The van der Waals surface area contributed by atoms with Gasteiger partial charge in [-0.05, 0) is 23.8 Å². The van der Waals surface area contributed by atoms with Crippen LogP contribution in [0.2, 0.25) is 0 Å². The number of carbonyl (C=O) groups excluding carboxylic acids is 3. The number of ether oxygens (including phenoxy) is 1. The first-order valence-electron chi connectivity index (χ1n) is 9.80. The second-order valence-electron chi connectivity index (χ2n) is 6.85. The molecule has 4 aromatic rings. The first kappa shape index (κ1) is 20.2. The van der Waals surface area contributed by atoms with Gasteiger partial charge in [-0.1, -0.05) is 48.5 Å². The fraction of sp³-hybridized carbons (Fsp3) is 0.125. The second-order valence-corrected chi connectivity index (χ2v) is 6.85. The van der Waals surface area contributed by atoms with Crippen LogP contribution in [0.15, 0.2) is 77.4 Å². The number of hydrogen-bond donors (Lipinski definition) is 2. The molecule has 0 saturated carbocycles. The molecule has 0 bridgehead atoms. The van der Waals surface area contributed by atoms with E-state index in [1.165, 1.54) is 12.3 Å². The lowest BCUT2D eigenvalue weighted by atomic mass is 10.0. The summed E-state index contributed by atoms with van der Waals surface area (Å²) in [5.74, 6) is -1.13. The van der Waals surface area contributed by atoms with Gasteiger partial charge in [0.2, 0.25) is 5.78 Å². The number of para-hydroxylation sites is 1. The molecule has 0 unspecified atom stereocenters. The molecular formula is C24H20N2O5. The molecule has 156 valence electrons. The minimum atomic E-state index is -0.575. The van der Waals surface area contributed by atoms with Crippen LogP contribution < -0.4 is 5.32 Å². The Morgan fingerprint density at radius 1 is 0.935 bits per heavy atom. The molecule has 0 aliphatic carbocycles. The number of amides is 1. The molecular weight excluding hydrogens is 396 g/mol. The zero-order valence-corrected chi connectivity index (χ0v) is 16.6. The average molecular weight is 416 g/mol. The van der Waals surface area contributed by atoms with Crippen LogP contribution in [0.3, 0.4) is 0 Å². The van der Waals surface area contributed by atoms with E-state index in [-0.39, 0.29) is 31.1 Å². The van der Waals surface area contributed by atoms with E-state index in [0.717, 1.165) is 16.5 Å². The Bertz CT molecular complexity index is 1210. The predicted octanol–water partition coefficient (Wildman–Crippen LogP) is 3.97. The number of aromatic nitrogens is 1. The number of nitrogens with one attached hydrogen (secondary N) is 2. The average Bonchev–Trinajstić information content (AvgIpc) is 3.46. The van der Waals surface area contributed by atoms with Crippen LogP contribution in [0.25, 0.3) is 22.2 Å². The molecule has 1 amide bonds. The van der Waals surface area contributed by atoms with Crippen molar-refractivity contribution in [2.24, 2.45) is 0 Å². The van der Waals surface area contributed by atoms with Crippen molar-refractivity contribution < 1.29 is 23.5 Å². The highest BCUT2D eigenvalue weighted by molar-refractivity contribution is 6.14. The molecule has 7 heteroatoms. The van der Waals surface area contributed by atoms with E-state index in [9.17, 15) is 14.4 Å². The normalized spacial score (nSPS) is 10.7. The van der Waals surface area contributed by atoms with Gasteiger partial charge in [0.1, 0.15) is 0 Å². The smallest absolute Gasteiger partial charge is 0.308 e. The number of hydrogen-bond acceptors (Lipinski definition) is 5. The molecule has 0 spiro atoms. The number of ketones is 1. The summed E-state index contributed by atoms with van der Waals surface area (Å²) in [6.07, 6.45) is 1.34. The molecule has 2 aromatic carbocycles. The third-order valence-corrected chi connectivity index (χ3v) is 4.77. The first-order valence-corrected chi connectivity index (χ1v) is 9.80. The molecule has 0 aliphatic rings. The van der Waals surface area contributed by atoms with E-state index in [0.29, 0.717) is 11.3 Å². The highest BCUT2D eigenvalue weighted by Gasteiger charge is 2.20. The Hall–Kier alpha value is -4.13. The number of Topliss-reactive ketones (excluding diaryl/α,β-unsaturated/α-hetero) is 1. The highest BCUT2D eigenvalue weighted by Crippen LogP contribution is 2.30. The predicted molar refractivity (Wildman–Crippen MR) is 115 cm³/mol. The van der Waals surface area contributed by atoms with Crippen molar-refractivity contribution in [2.45, 2.75) is 6.42 Å². The van der Waals surface area contributed by atoms with Gasteiger partial charge < -0.3 is 19.5 Å². The number of benzene rings is 2. The SMILES string of the molecule is O=C(CCNC(=O)c1ccco1)OCC(=O)c1c(-c2ccccc2)[nH]c2ccccc12. The molecule has 2 heterocycles. The number of furan rings is 1. The van der Waals surface area contributed by atoms with E-state index in [1.807, 2.05) is 54.6 Å². The summed E-state index contributed by atoms with van der Waals surface area (Å²) in [5.41, 5.74) is 2.87. The maximum Gasteiger partial charge on any atom is 0.308 e. The lowest BCUT2D eigenvalue weighted by Crippen LogP contribution is -2.26. The van der Waals surface area contributed by atoms with Gasteiger partial charge >= 0.3 is 5.97 Å². The van der Waals surface area contributed by atoms with Crippen LogP contribution >= 0.6 is 0 Å². The summed E-state index contributed by atoms with van der Waals surface area (Å²) < 4.78 is 10.1. The van der Waals surface area contributed by atoms with Crippen molar-refractivity contribution in [3.63, 3.8) is 0 Å². The van der Waals surface area contributed by atoms with Gasteiger partial charge in [-0.25, -0.2) is 0 Å². The van der Waals surface area contributed by atoms with Crippen LogP contribution in [0.5, 0.6) is 0 Å². The molecule has 0 atom stereocenters. The topological polar surface area (TPSA) is 101 Å². The summed E-state index contributed by atoms with van der Waals surface area (Å²) >= 11 is 0. The Labute approximate surface area is 178 Å². The van der Waals surface area contributed by atoms with Gasteiger partial charge in [-0.2, -0.15) is 0 Å². The molecule has 0 aliphatic heterocycles. The zero-order valence-electron chi connectivity index (χ0n) is 16.6. The highest BCUT2D eigenvalue weighted by atomic mass is 16.5. The van der Waals surface area contributed by atoms with Crippen molar-refractivity contribution in [1.82, 2.24) is 10.3 Å². The molecule has 0 radical (unpaired) electrons.